The first kappa shape index (κ1) is 26.5. The lowest BCUT2D eigenvalue weighted by molar-refractivity contribution is -0.137. The van der Waals surface area contributed by atoms with E-state index in [0.717, 1.165) is 52.6 Å². The van der Waals surface area contributed by atoms with Crippen molar-refractivity contribution in [2.45, 2.75) is 65.3 Å². The Morgan fingerprint density at radius 2 is 1.84 bits per heavy atom. The highest BCUT2D eigenvalue weighted by Gasteiger charge is 2.29. The molecule has 1 atom stereocenters. The van der Waals surface area contributed by atoms with Crippen LogP contribution in [0.1, 0.15) is 77.6 Å². The third-order valence-electron chi connectivity index (χ3n) is 7.63. The predicted molar refractivity (Wildman–Crippen MR) is 144 cm³/mol. The second-order valence-corrected chi connectivity index (χ2v) is 10.3. The van der Waals surface area contributed by atoms with Gasteiger partial charge in [0, 0.05) is 43.1 Å². The molecule has 0 bridgehead atoms. The molecule has 1 fully saturated rings. The van der Waals surface area contributed by atoms with Crippen molar-refractivity contribution in [2.75, 3.05) is 18.9 Å². The number of aliphatic carboxylic acids is 1. The average Bonchev–Trinajstić information content (AvgIpc) is 3.38. The molecule has 1 aromatic carbocycles. The number of hydrogen-bond acceptors (Lipinski definition) is 5. The molecule has 0 aliphatic heterocycles. The van der Waals surface area contributed by atoms with Crippen molar-refractivity contribution in [3.63, 3.8) is 0 Å². The third kappa shape index (κ3) is 5.89. The van der Waals surface area contributed by atoms with E-state index in [1.807, 2.05) is 37.7 Å². The van der Waals surface area contributed by atoms with Gasteiger partial charge in [0.1, 0.15) is 11.5 Å². The zero-order valence-corrected chi connectivity index (χ0v) is 22.5. The number of aryl methyl sites for hydroxylation is 3. The number of amides is 1. The van der Waals surface area contributed by atoms with Gasteiger partial charge in [0.05, 0.1) is 23.7 Å². The minimum Gasteiger partial charge on any atom is -0.481 e. The van der Waals surface area contributed by atoms with E-state index in [4.69, 9.17) is 9.52 Å². The summed E-state index contributed by atoms with van der Waals surface area (Å²) in [6.45, 7) is 6.28. The smallest absolute Gasteiger partial charge is 0.305 e. The Bertz CT molecular complexity index is 1250. The Labute approximate surface area is 218 Å². The zero-order chi connectivity index (χ0) is 26.7. The number of benzene rings is 1. The largest absolute Gasteiger partial charge is 0.481 e. The molecule has 1 saturated carbocycles. The van der Waals surface area contributed by atoms with E-state index in [0.29, 0.717) is 11.5 Å². The third-order valence-corrected chi connectivity index (χ3v) is 7.63. The fraction of sp³-hybridized carbons (Fsp3) is 0.483. The molecule has 3 aromatic rings. The van der Waals surface area contributed by atoms with Gasteiger partial charge in [-0.3, -0.25) is 14.3 Å². The van der Waals surface area contributed by atoms with Crippen molar-refractivity contribution in [2.24, 2.45) is 13.0 Å². The van der Waals surface area contributed by atoms with Crippen LogP contribution in [0, 0.1) is 26.7 Å². The number of carboxylic acids is 1. The van der Waals surface area contributed by atoms with Crippen molar-refractivity contribution in [1.82, 2.24) is 14.7 Å². The molecular formula is C29H38N4O4. The standard InChI is InChI=1S/C29H38N4O4/c1-18-27(19(2)33(5)31-18)25-17-24(20(3)37-25)28(21-9-7-6-8-10-21)30-23-13-11-22(12-14-23)29(36)32(4)16-15-26(34)35/h11-14,17,21,28,30H,6-10,15-16H2,1-5H3,(H,34,35). The van der Waals surface area contributed by atoms with Gasteiger partial charge in [-0.2, -0.15) is 5.10 Å². The lowest BCUT2D eigenvalue weighted by atomic mass is 9.81. The number of carbonyl (C=O) groups excluding carboxylic acids is 1. The highest BCUT2D eigenvalue weighted by Crippen LogP contribution is 2.41. The molecule has 2 aromatic heterocycles. The molecule has 0 radical (unpaired) electrons. The number of rotatable bonds is 9. The summed E-state index contributed by atoms with van der Waals surface area (Å²) in [5.74, 6) is 1.14. The summed E-state index contributed by atoms with van der Waals surface area (Å²) in [6, 6.07) is 9.73. The first-order valence-corrected chi connectivity index (χ1v) is 13.1. The van der Waals surface area contributed by atoms with Crippen molar-refractivity contribution in [3.8, 4) is 11.3 Å². The number of nitrogens with zero attached hydrogens (tertiary/aromatic N) is 3. The van der Waals surface area contributed by atoms with Gasteiger partial charge in [-0.15, -0.1) is 0 Å². The van der Waals surface area contributed by atoms with Crippen molar-refractivity contribution >= 4 is 17.6 Å². The summed E-state index contributed by atoms with van der Waals surface area (Å²) in [4.78, 5) is 25.0. The van der Waals surface area contributed by atoms with Crippen LogP contribution in [0.3, 0.4) is 0 Å². The first-order valence-electron chi connectivity index (χ1n) is 13.1. The maximum Gasteiger partial charge on any atom is 0.305 e. The molecule has 198 valence electrons. The van der Waals surface area contributed by atoms with Crippen LogP contribution >= 0.6 is 0 Å². The summed E-state index contributed by atoms with van der Waals surface area (Å²) >= 11 is 0. The van der Waals surface area contributed by atoms with E-state index in [-0.39, 0.29) is 24.9 Å². The molecule has 0 spiro atoms. The van der Waals surface area contributed by atoms with Crippen LogP contribution in [0.5, 0.6) is 0 Å². The lowest BCUT2D eigenvalue weighted by Gasteiger charge is -2.31. The van der Waals surface area contributed by atoms with Gasteiger partial charge in [0.2, 0.25) is 0 Å². The quantitative estimate of drug-likeness (QED) is 0.376. The monoisotopic (exact) mass is 506 g/mol. The van der Waals surface area contributed by atoms with Gasteiger partial charge in [-0.05, 0) is 69.9 Å². The van der Waals surface area contributed by atoms with E-state index >= 15 is 0 Å². The van der Waals surface area contributed by atoms with Gasteiger partial charge in [-0.25, -0.2) is 0 Å². The van der Waals surface area contributed by atoms with Crippen LogP contribution in [0.15, 0.2) is 34.7 Å². The molecule has 1 unspecified atom stereocenters. The topological polar surface area (TPSA) is 101 Å². The van der Waals surface area contributed by atoms with Crippen LogP contribution in [-0.2, 0) is 11.8 Å². The van der Waals surface area contributed by atoms with Gasteiger partial charge in [0.25, 0.3) is 5.91 Å². The number of anilines is 1. The van der Waals surface area contributed by atoms with E-state index in [1.54, 1.807) is 19.2 Å². The fourth-order valence-electron chi connectivity index (χ4n) is 5.45. The van der Waals surface area contributed by atoms with Crippen LogP contribution < -0.4 is 5.32 Å². The van der Waals surface area contributed by atoms with Crippen LogP contribution in [0.25, 0.3) is 11.3 Å². The normalized spacial score (nSPS) is 14.9. The minimum atomic E-state index is -0.917. The number of hydrogen-bond donors (Lipinski definition) is 2. The first-order chi connectivity index (χ1) is 17.7. The van der Waals surface area contributed by atoms with Crippen molar-refractivity contribution in [1.29, 1.82) is 0 Å². The van der Waals surface area contributed by atoms with Gasteiger partial charge in [-0.1, -0.05) is 19.3 Å². The molecule has 1 aliphatic rings. The molecule has 0 saturated heterocycles. The SMILES string of the molecule is Cc1nn(C)c(C)c1-c1cc(C(Nc2ccc(C(=O)N(C)CCC(=O)O)cc2)C2CCCCC2)c(C)o1. The number of aromatic nitrogens is 2. The minimum absolute atomic E-state index is 0.0743. The summed E-state index contributed by atoms with van der Waals surface area (Å²) < 4.78 is 8.21. The summed E-state index contributed by atoms with van der Waals surface area (Å²) in [6.07, 6.45) is 5.97. The Hall–Kier alpha value is -3.55. The van der Waals surface area contributed by atoms with Gasteiger partial charge < -0.3 is 19.7 Å². The summed E-state index contributed by atoms with van der Waals surface area (Å²) in [5.41, 5.74) is 5.73. The molecule has 2 heterocycles. The van der Waals surface area contributed by atoms with Crippen LogP contribution in [0.4, 0.5) is 5.69 Å². The Morgan fingerprint density at radius 3 is 2.43 bits per heavy atom. The maximum absolute atomic E-state index is 12.7. The van der Waals surface area contributed by atoms with Crippen molar-refractivity contribution in [3.05, 3.63) is 58.6 Å². The van der Waals surface area contributed by atoms with Crippen LogP contribution in [0.2, 0.25) is 0 Å². The Kier molecular flexibility index (Phi) is 8.05. The van der Waals surface area contributed by atoms with E-state index in [2.05, 4.69) is 23.4 Å². The number of furan rings is 1. The van der Waals surface area contributed by atoms with Gasteiger partial charge >= 0.3 is 5.97 Å². The molecule has 1 amide bonds. The molecule has 1 aliphatic carbocycles. The maximum atomic E-state index is 12.7. The van der Waals surface area contributed by atoms with Crippen molar-refractivity contribution < 1.29 is 19.1 Å². The molecule has 37 heavy (non-hydrogen) atoms. The van der Waals surface area contributed by atoms with E-state index in [1.165, 1.54) is 24.2 Å². The molecular weight excluding hydrogens is 468 g/mol. The highest BCUT2D eigenvalue weighted by molar-refractivity contribution is 5.94. The number of nitrogens with one attached hydrogen (secondary N) is 1. The second-order valence-electron chi connectivity index (χ2n) is 10.3. The van der Waals surface area contributed by atoms with Crippen LogP contribution in [-0.4, -0.2) is 45.3 Å². The Balaban J connectivity index is 1.59. The zero-order valence-electron chi connectivity index (χ0n) is 22.5. The summed E-state index contributed by atoms with van der Waals surface area (Å²) in [5, 5.41) is 17.2. The highest BCUT2D eigenvalue weighted by atomic mass is 16.4. The molecule has 4 rings (SSSR count). The second kappa shape index (κ2) is 11.2. The summed E-state index contributed by atoms with van der Waals surface area (Å²) in [7, 11) is 3.58. The van der Waals surface area contributed by atoms with E-state index in [9.17, 15) is 9.59 Å². The number of carbonyl (C=O) groups is 2. The Morgan fingerprint density at radius 1 is 1.16 bits per heavy atom. The van der Waals surface area contributed by atoms with Gasteiger partial charge in [0.15, 0.2) is 0 Å². The molecule has 2 N–H and O–H groups in total. The fourth-order valence-corrected chi connectivity index (χ4v) is 5.45. The average molecular weight is 507 g/mol. The predicted octanol–water partition coefficient (Wildman–Crippen LogP) is 5.89. The molecule has 8 nitrogen and oxygen atoms in total. The lowest BCUT2D eigenvalue weighted by Crippen LogP contribution is -2.29. The van der Waals surface area contributed by atoms with E-state index < -0.39 is 5.97 Å². The molecule has 8 heteroatoms. The number of carboxylic acid groups (broad SMARTS) is 1.